The fraction of sp³-hybridized carbons (Fsp3) is 0.190. The van der Waals surface area contributed by atoms with Crippen LogP contribution in [0.25, 0.3) is 11.3 Å². The molecular formula is C21H19ClN4O. The quantitative estimate of drug-likeness (QED) is 0.718. The summed E-state index contributed by atoms with van der Waals surface area (Å²) in [7, 11) is 0. The normalized spacial score (nSPS) is 13.6. The zero-order valence-electron chi connectivity index (χ0n) is 14.7. The first kappa shape index (κ1) is 17.5. The third-order valence-electron chi connectivity index (χ3n) is 4.62. The van der Waals surface area contributed by atoms with E-state index in [4.69, 9.17) is 11.6 Å². The molecule has 27 heavy (non-hydrogen) atoms. The number of hydrogen-bond acceptors (Lipinski definition) is 4. The van der Waals surface area contributed by atoms with Gasteiger partial charge >= 0.3 is 0 Å². The van der Waals surface area contributed by atoms with Crippen LogP contribution in [0.3, 0.4) is 0 Å². The Morgan fingerprint density at radius 2 is 1.78 bits per heavy atom. The first-order valence-corrected chi connectivity index (χ1v) is 9.33. The molecule has 2 aromatic carbocycles. The van der Waals surface area contributed by atoms with Crippen molar-refractivity contribution in [2.45, 2.75) is 12.8 Å². The first-order chi connectivity index (χ1) is 13.2. The molecule has 1 aliphatic rings. The Balaban J connectivity index is 1.52. The molecule has 0 saturated carbocycles. The van der Waals surface area contributed by atoms with Gasteiger partial charge in [0.15, 0.2) is 5.82 Å². The van der Waals surface area contributed by atoms with Crippen molar-refractivity contribution < 1.29 is 4.79 Å². The van der Waals surface area contributed by atoms with Crippen LogP contribution >= 0.6 is 11.6 Å². The topological polar surface area (TPSA) is 58.1 Å². The first-order valence-electron chi connectivity index (χ1n) is 8.96. The maximum Gasteiger partial charge on any atom is 0.257 e. The standard InChI is InChI=1S/C21H19ClN4O/c22-18-9-2-1-8-17(18)21(27)23-16-7-5-6-15(14-16)19-10-11-20(25-24-19)26-12-3-4-13-26/h1-2,5-11,14H,3-4,12-13H2,(H,23,27). The Kier molecular flexibility index (Phi) is 5.03. The second kappa shape index (κ2) is 7.76. The molecule has 4 rings (SSSR count). The van der Waals surface area contributed by atoms with Crippen LogP contribution in [-0.2, 0) is 0 Å². The van der Waals surface area contributed by atoms with Crippen molar-refractivity contribution in [3.05, 3.63) is 71.2 Å². The van der Waals surface area contributed by atoms with Gasteiger partial charge in [0.2, 0.25) is 0 Å². The summed E-state index contributed by atoms with van der Waals surface area (Å²) >= 11 is 6.10. The number of anilines is 2. The molecule has 3 aromatic rings. The van der Waals surface area contributed by atoms with Crippen LogP contribution in [0.1, 0.15) is 23.2 Å². The van der Waals surface area contributed by atoms with Gasteiger partial charge in [-0.05, 0) is 49.2 Å². The van der Waals surface area contributed by atoms with Crippen LogP contribution in [0.15, 0.2) is 60.7 Å². The fourth-order valence-electron chi connectivity index (χ4n) is 3.19. The van der Waals surface area contributed by atoms with Crippen LogP contribution in [0.5, 0.6) is 0 Å². The predicted octanol–water partition coefficient (Wildman–Crippen LogP) is 4.65. The van der Waals surface area contributed by atoms with E-state index in [-0.39, 0.29) is 5.91 Å². The Bertz CT molecular complexity index is 952. The van der Waals surface area contributed by atoms with Gasteiger partial charge in [-0.1, -0.05) is 35.9 Å². The number of carbonyl (C=O) groups is 1. The average Bonchev–Trinajstić information content (AvgIpc) is 3.23. The summed E-state index contributed by atoms with van der Waals surface area (Å²) in [6.45, 7) is 2.08. The number of hydrogen-bond donors (Lipinski definition) is 1. The van der Waals surface area contributed by atoms with Crippen molar-refractivity contribution in [2.24, 2.45) is 0 Å². The van der Waals surface area contributed by atoms with E-state index in [9.17, 15) is 4.79 Å². The lowest BCUT2D eigenvalue weighted by molar-refractivity contribution is 0.102. The van der Waals surface area contributed by atoms with Gasteiger partial charge in [0.25, 0.3) is 5.91 Å². The number of benzene rings is 2. The molecule has 2 heterocycles. The lowest BCUT2D eigenvalue weighted by Crippen LogP contribution is -2.19. The van der Waals surface area contributed by atoms with E-state index in [1.54, 1.807) is 24.3 Å². The van der Waals surface area contributed by atoms with Gasteiger partial charge in [0, 0.05) is 24.3 Å². The SMILES string of the molecule is O=C(Nc1cccc(-c2ccc(N3CCCC3)nn2)c1)c1ccccc1Cl. The molecule has 1 aliphatic heterocycles. The van der Waals surface area contributed by atoms with Crippen molar-refractivity contribution in [2.75, 3.05) is 23.3 Å². The van der Waals surface area contributed by atoms with Crippen molar-refractivity contribution in [1.82, 2.24) is 10.2 Å². The fourth-order valence-corrected chi connectivity index (χ4v) is 3.42. The highest BCUT2D eigenvalue weighted by Crippen LogP contribution is 2.24. The van der Waals surface area contributed by atoms with E-state index in [2.05, 4.69) is 20.4 Å². The molecule has 1 aromatic heterocycles. The molecule has 1 fully saturated rings. The molecule has 1 N–H and O–H groups in total. The van der Waals surface area contributed by atoms with Crippen molar-refractivity contribution in [3.63, 3.8) is 0 Å². The van der Waals surface area contributed by atoms with Gasteiger partial charge < -0.3 is 10.2 Å². The van der Waals surface area contributed by atoms with Gasteiger partial charge in [-0.15, -0.1) is 10.2 Å². The molecule has 1 saturated heterocycles. The van der Waals surface area contributed by atoms with Crippen LogP contribution in [0.2, 0.25) is 5.02 Å². The molecule has 0 unspecified atom stereocenters. The van der Waals surface area contributed by atoms with Gasteiger partial charge in [-0.3, -0.25) is 4.79 Å². The van der Waals surface area contributed by atoms with E-state index >= 15 is 0 Å². The lowest BCUT2D eigenvalue weighted by atomic mass is 10.1. The predicted molar refractivity (Wildman–Crippen MR) is 108 cm³/mol. The van der Waals surface area contributed by atoms with Gasteiger partial charge in [-0.2, -0.15) is 0 Å². The molecule has 0 aliphatic carbocycles. The van der Waals surface area contributed by atoms with Crippen LogP contribution in [0, 0.1) is 0 Å². The zero-order valence-corrected chi connectivity index (χ0v) is 15.5. The summed E-state index contributed by atoms with van der Waals surface area (Å²) in [5.41, 5.74) is 2.79. The van der Waals surface area contributed by atoms with E-state index in [0.29, 0.717) is 16.3 Å². The van der Waals surface area contributed by atoms with Gasteiger partial charge in [0.1, 0.15) is 0 Å². The largest absolute Gasteiger partial charge is 0.355 e. The number of halogens is 1. The molecule has 0 spiro atoms. The molecule has 1 amide bonds. The van der Waals surface area contributed by atoms with E-state index in [1.165, 1.54) is 12.8 Å². The number of nitrogens with zero attached hydrogens (tertiary/aromatic N) is 3. The minimum atomic E-state index is -0.242. The Morgan fingerprint density at radius 1 is 0.963 bits per heavy atom. The monoisotopic (exact) mass is 378 g/mol. The summed E-state index contributed by atoms with van der Waals surface area (Å²) in [6, 6.07) is 18.5. The number of amides is 1. The van der Waals surface area contributed by atoms with Crippen molar-refractivity contribution in [3.8, 4) is 11.3 Å². The number of aromatic nitrogens is 2. The molecule has 136 valence electrons. The minimum absolute atomic E-state index is 0.242. The van der Waals surface area contributed by atoms with Gasteiger partial charge in [-0.25, -0.2) is 0 Å². The smallest absolute Gasteiger partial charge is 0.257 e. The van der Waals surface area contributed by atoms with E-state index < -0.39 is 0 Å². The molecule has 0 atom stereocenters. The van der Waals surface area contributed by atoms with Gasteiger partial charge in [0.05, 0.1) is 16.3 Å². The highest BCUT2D eigenvalue weighted by atomic mass is 35.5. The second-order valence-corrected chi connectivity index (χ2v) is 6.89. The Labute approximate surface area is 163 Å². The van der Waals surface area contributed by atoms with Crippen LogP contribution in [0.4, 0.5) is 11.5 Å². The summed E-state index contributed by atoms with van der Waals surface area (Å²) in [6.07, 6.45) is 2.41. The summed E-state index contributed by atoms with van der Waals surface area (Å²) in [5, 5.41) is 12.0. The highest BCUT2D eigenvalue weighted by Gasteiger charge is 2.14. The zero-order chi connectivity index (χ0) is 18.6. The summed E-state index contributed by atoms with van der Waals surface area (Å²) in [5.74, 6) is 0.674. The summed E-state index contributed by atoms with van der Waals surface area (Å²) in [4.78, 5) is 14.7. The third kappa shape index (κ3) is 3.93. The second-order valence-electron chi connectivity index (χ2n) is 6.49. The van der Waals surface area contributed by atoms with E-state index in [0.717, 1.165) is 30.2 Å². The van der Waals surface area contributed by atoms with Crippen LogP contribution in [-0.4, -0.2) is 29.2 Å². The molecule has 5 nitrogen and oxygen atoms in total. The molecule has 6 heteroatoms. The van der Waals surface area contributed by atoms with Crippen molar-refractivity contribution in [1.29, 1.82) is 0 Å². The Morgan fingerprint density at radius 3 is 2.52 bits per heavy atom. The molecule has 0 radical (unpaired) electrons. The van der Waals surface area contributed by atoms with E-state index in [1.807, 2.05) is 36.4 Å². The Hall–Kier alpha value is -2.92. The molecule has 0 bridgehead atoms. The van der Waals surface area contributed by atoms with Crippen molar-refractivity contribution >= 4 is 29.0 Å². The maximum atomic E-state index is 12.4. The third-order valence-corrected chi connectivity index (χ3v) is 4.94. The lowest BCUT2D eigenvalue weighted by Gasteiger charge is -2.15. The molecular weight excluding hydrogens is 360 g/mol. The number of rotatable bonds is 4. The van der Waals surface area contributed by atoms with Crippen LogP contribution < -0.4 is 10.2 Å². The maximum absolute atomic E-state index is 12.4. The average molecular weight is 379 g/mol. The number of carbonyl (C=O) groups excluding carboxylic acids is 1. The summed E-state index contributed by atoms with van der Waals surface area (Å²) < 4.78 is 0. The number of nitrogens with one attached hydrogen (secondary N) is 1. The minimum Gasteiger partial charge on any atom is -0.355 e. The highest BCUT2D eigenvalue weighted by molar-refractivity contribution is 6.34.